The summed E-state index contributed by atoms with van der Waals surface area (Å²) in [5.41, 5.74) is 5.95. The normalized spacial score (nSPS) is 13.5. The standard InChI is InChI=1S/C15H20F2N2O3/c1-2-3-4-12(18)14(20)19-13(15(21)22)8-9-5-6-10(16)11(17)7-9/h5-7,12-13H,2-4,8,18H2,1H3,(H,19,20)(H,21,22)/t12-,13?/m0/s1. The summed E-state index contributed by atoms with van der Waals surface area (Å²) in [4.78, 5) is 23.0. The molecule has 0 saturated carbocycles. The fourth-order valence-electron chi connectivity index (χ4n) is 1.94. The number of aliphatic carboxylic acids is 1. The second kappa shape index (κ2) is 8.43. The quantitative estimate of drug-likeness (QED) is 0.679. The van der Waals surface area contributed by atoms with Crippen molar-refractivity contribution in [3.63, 3.8) is 0 Å². The number of benzene rings is 1. The number of unbranched alkanes of at least 4 members (excludes halogenated alkanes) is 1. The highest BCUT2D eigenvalue weighted by Crippen LogP contribution is 2.11. The van der Waals surface area contributed by atoms with Crippen molar-refractivity contribution in [1.82, 2.24) is 5.32 Å². The molecule has 0 saturated heterocycles. The minimum Gasteiger partial charge on any atom is -0.480 e. The number of nitrogens with one attached hydrogen (secondary N) is 1. The number of hydrogen-bond acceptors (Lipinski definition) is 3. The Hall–Kier alpha value is -2.02. The highest BCUT2D eigenvalue weighted by atomic mass is 19.2. The monoisotopic (exact) mass is 314 g/mol. The van der Waals surface area contributed by atoms with E-state index in [0.717, 1.165) is 25.0 Å². The summed E-state index contributed by atoms with van der Waals surface area (Å²) in [7, 11) is 0. The molecule has 1 rings (SSSR count). The fraction of sp³-hybridized carbons (Fsp3) is 0.467. The molecular formula is C15H20F2N2O3. The number of carboxylic acid groups (broad SMARTS) is 1. The van der Waals surface area contributed by atoms with Gasteiger partial charge in [-0.3, -0.25) is 4.79 Å². The van der Waals surface area contributed by atoms with Gasteiger partial charge >= 0.3 is 5.97 Å². The van der Waals surface area contributed by atoms with Crippen LogP contribution in [-0.2, 0) is 16.0 Å². The molecule has 4 N–H and O–H groups in total. The van der Waals surface area contributed by atoms with Crippen molar-refractivity contribution in [3.8, 4) is 0 Å². The molecule has 0 fully saturated rings. The van der Waals surface area contributed by atoms with Crippen molar-refractivity contribution < 1.29 is 23.5 Å². The Morgan fingerprint density at radius 3 is 2.55 bits per heavy atom. The second-order valence-electron chi connectivity index (χ2n) is 5.10. The van der Waals surface area contributed by atoms with Crippen LogP contribution in [0.25, 0.3) is 0 Å². The SMILES string of the molecule is CCCC[C@H](N)C(=O)NC(Cc1ccc(F)c(F)c1)C(=O)O. The van der Waals surface area contributed by atoms with Crippen molar-refractivity contribution in [2.45, 2.75) is 44.7 Å². The van der Waals surface area contributed by atoms with Crippen LogP contribution in [0.15, 0.2) is 18.2 Å². The largest absolute Gasteiger partial charge is 0.480 e. The van der Waals surface area contributed by atoms with Gasteiger partial charge in [-0.25, -0.2) is 13.6 Å². The second-order valence-corrected chi connectivity index (χ2v) is 5.10. The average molecular weight is 314 g/mol. The number of carboxylic acids is 1. The molecule has 1 amide bonds. The van der Waals surface area contributed by atoms with Crippen LogP contribution < -0.4 is 11.1 Å². The Bertz CT molecular complexity index is 538. The molecule has 0 aliphatic rings. The third-order valence-electron chi connectivity index (χ3n) is 3.24. The van der Waals surface area contributed by atoms with E-state index >= 15 is 0 Å². The third-order valence-corrected chi connectivity index (χ3v) is 3.24. The van der Waals surface area contributed by atoms with Gasteiger partial charge in [0, 0.05) is 6.42 Å². The van der Waals surface area contributed by atoms with Gasteiger partial charge < -0.3 is 16.2 Å². The van der Waals surface area contributed by atoms with Gasteiger partial charge in [-0.05, 0) is 24.1 Å². The molecule has 0 aliphatic heterocycles. The first-order chi connectivity index (χ1) is 10.3. The molecule has 0 aliphatic carbocycles. The fourth-order valence-corrected chi connectivity index (χ4v) is 1.94. The van der Waals surface area contributed by atoms with E-state index in [1.807, 2.05) is 6.92 Å². The Morgan fingerprint density at radius 2 is 2.00 bits per heavy atom. The van der Waals surface area contributed by atoms with Gasteiger partial charge in [0.1, 0.15) is 6.04 Å². The topological polar surface area (TPSA) is 92.4 Å². The van der Waals surface area contributed by atoms with Crippen LogP contribution in [0.4, 0.5) is 8.78 Å². The molecule has 2 atom stereocenters. The van der Waals surface area contributed by atoms with Crippen LogP contribution in [0, 0.1) is 11.6 Å². The molecule has 0 spiro atoms. The minimum absolute atomic E-state index is 0.154. The van der Waals surface area contributed by atoms with Gasteiger partial charge in [-0.2, -0.15) is 0 Å². The lowest BCUT2D eigenvalue weighted by Crippen LogP contribution is -2.49. The smallest absolute Gasteiger partial charge is 0.326 e. The third kappa shape index (κ3) is 5.40. The van der Waals surface area contributed by atoms with E-state index in [4.69, 9.17) is 10.8 Å². The first-order valence-corrected chi connectivity index (χ1v) is 7.07. The zero-order valence-electron chi connectivity index (χ0n) is 12.3. The number of carbonyl (C=O) groups excluding carboxylic acids is 1. The van der Waals surface area contributed by atoms with Gasteiger partial charge in [0.25, 0.3) is 0 Å². The zero-order chi connectivity index (χ0) is 16.7. The van der Waals surface area contributed by atoms with Crippen LogP contribution in [-0.4, -0.2) is 29.1 Å². The molecular weight excluding hydrogens is 294 g/mol. The van der Waals surface area contributed by atoms with E-state index in [1.54, 1.807) is 0 Å². The molecule has 1 aromatic rings. The van der Waals surface area contributed by atoms with E-state index in [2.05, 4.69) is 5.32 Å². The maximum Gasteiger partial charge on any atom is 0.326 e. The highest BCUT2D eigenvalue weighted by molar-refractivity contribution is 5.86. The van der Waals surface area contributed by atoms with E-state index in [0.29, 0.717) is 6.42 Å². The Labute approximate surface area is 127 Å². The molecule has 1 aromatic carbocycles. The first-order valence-electron chi connectivity index (χ1n) is 7.07. The molecule has 1 unspecified atom stereocenters. The van der Waals surface area contributed by atoms with Crippen molar-refractivity contribution in [1.29, 1.82) is 0 Å². The molecule has 0 heterocycles. The van der Waals surface area contributed by atoms with Gasteiger partial charge in [0.2, 0.25) is 5.91 Å². The number of halogens is 2. The predicted octanol–water partition coefficient (Wildman–Crippen LogP) is 1.59. The number of carbonyl (C=O) groups is 2. The summed E-state index contributed by atoms with van der Waals surface area (Å²) in [5, 5.41) is 11.5. The molecule has 5 nitrogen and oxygen atoms in total. The molecule has 0 bridgehead atoms. The number of amides is 1. The summed E-state index contributed by atoms with van der Waals surface area (Å²) in [5.74, 6) is -3.90. The van der Waals surface area contributed by atoms with E-state index in [-0.39, 0.29) is 12.0 Å². The lowest BCUT2D eigenvalue weighted by Gasteiger charge is -2.18. The van der Waals surface area contributed by atoms with Crippen LogP contribution in [0.5, 0.6) is 0 Å². The van der Waals surface area contributed by atoms with Gasteiger partial charge in [0.15, 0.2) is 11.6 Å². The molecule has 7 heteroatoms. The predicted molar refractivity (Wildman–Crippen MR) is 77.1 cm³/mol. The van der Waals surface area contributed by atoms with E-state index in [1.165, 1.54) is 6.07 Å². The van der Waals surface area contributed by atoms with Crippen LogP contribution >= 0.6 is 0 Å². The van der Waals surface area contributed by atoms with Crippen LogP contribution in [0.3, 0.4) is 0 Å². The number of rotatable bonds is 8. The number of nitrogens with two attached hydrogens (primary N) is 1. The van der Waals surface area contributed by atoms with Crippen LogP contribution in [0.1, 0.15) is 31.7 Å². The van der Waals surface area contributed by atoms with Crippen molar-refractivity contribution >= 4 is 11.9 Å². The Kier molecular flexibility index (Phi) is 6.91. The maximum atomic E-state index is 13.1. The summed E-state index contributed by atoms with van der Waals surface area (Å²) >= 11 is 0. The number of hydrogen-bond donors (Lipinski definition) is 3. The Balaban J connectivity index is 2.71. The minimum atomic E-state index is -1.26. The van der Waals surface area contributed by atoms with Crippen molar-refractivity contribution in [2.75, 3.05) is 0 Å². The summed E-state index contributed by atoms with van der Waals surface area (Å²) in [6, 6.07) is 1.07. The summed E-state index contributed by atoms with van der Waals surface area (Å²) < 4.78 is 26.0. The van der Waals surface area contributed by atoms with E-state index < -0.39 is 35.6 Å². The zero-order valence-corrected chi connectivity index (χ0v) is 12.3. The van der Waals surface area contributed by atoms with Gasteiger partial charge in [-0.15, -0.1) is 0 Å². The van der Waals surface area contributed by atoms with Crippen molar-refractivity contribution in [2.24, 2.45) is 5.73 Å². The lowest BCUT2D eigenvalue weighted by molar-refractivity contribution is -0.142. The van der Waals surface area contributed by atoms with Crippen LogP contribution in [0.2, 0.25) is 0 Å². The molecule has 22 heavy (non-hydrogen) atoms. The molecule has 122 valence electrons. The summed E-state index contributed by atoms with van der Waals surface area (Å²) in [6.45, 7) is 1.95. The summed E-state index contributed by atoms with van der Waals surface area (Å²) in [6.07, 6.45) is 1.94. The lowest BCUT2D eigenvalue weighted by atomic mass is 10.0. The molecule has 0 aromatic heterocycles. The maximum absolute atomic E-state index is 13.1. The van der Waals surface area contributed by atoms with Crippen molar-refractivity contribution in [3.05, 3.63) is 35.4 Å². The first kappa shape index (κ1) is 18.0. The average Bonchev–Trinajstić information content (AvgIpc) is 2.47. The van der Waals surface area contributed by atoms with E-state index in [9.17, 15) is 18.4 Å². The Morgan fingerprint density at radius 1 is 1.32 bits per heavy atom. The van der Waals surface area contributed by atoms with Gasteiger partial charge in [0.05, 0.1) is 6.04 Å². The van der Waals surface area contributed by atoms with Gasteiger partial charge in [-0.1, -0.05) is 25.8 Å². The highest BCUT2D eigenvalue weighted by Gasteiger charge is 2.23. The molecule has 0 radical (unpaired) electrons.